The summed E-state index contributed by atoms with van der Waals surface area (Å²) in [5, 5.41) is 2.75. The lowest BCUT2D eigenvalue weighted by Gasteiger charge is -2.14. The molecular formula is C17H15F3N2O2. The second-order valence-electron chi connectivity index (χ2n) is 5.70. The van der Waals surface area contributed by atoms with Crippen LogP contribution in [0.4, 0.5) is 13.2 Å². The van der Waals surface area contributed by atoms with Crippen molar-refractivity contribution in [3.05, 3.63) is 59.7 Å². The largest absolute Gasteiger partial charge is 0.479 e. The van der Waals surface area contributed by atoms with Gasteiger partial charge in [-0.25, -0.2) is 13.2 Å². The lowest BCUT2D eigenvalue weighted by molar-refractivity contribution is -0.127. The van der Waals surface area contributed by atoms with Gasteiger partial charge in [0.2, 0.25) is 0 Å². The highest BCUT2D eigenvalue weighted by Crippen LogP contribution is 2.41. The van der Waals surface area contributed by atoms with Crippen molar-refractivity contribution in [3.63, 3.8) is 0 Å². The van der Waals surface area contributed by atoms with Crippen LogP contribution in [0.2, 0.25) is 0 Å². The molecule has 3 rings (SSSR count). The van der Waals surface area contributed by atoms with E-state index in [1.807, 2.05) is 0 Å². The summed E-state index contributed by atoms with van der Waals surface area (Å²) in [6.45, 7) is 1.59. The van der Waals surface area contributed by atoms with Gasteiger partial charge in [-0.15, -0.1) is 0 Å². The molecule has 2 aromatic rings. The van der Waals surface area contributed by atoms with Gasteiger partial charge in [-0.3, -0.25) is 9.78 Å². The predicted molar refractivity (Wildman–Crippen MR) is 79.9 cm³/mol. The summed E-state index contributed by atoms with van der Waals surface area (Å²) >= 11 is 0. The summed E-state index contributed by atoms with van der Waals surface area (Å²) in [6, 6.07) is 5.05. The quantitative estimate of drug-likeness (QED) is 0.854. The monoisotopic (exact) mass is 336 g/mol. The van der Waals surface area contributed by atoms with E-state index >= 15 is 0 Å². The van der Waals surface area contributed by atoms with Crippen molar-refractivity contribution in [2.45, 2.75) is 31.4 Å². The number of nitrogens with one attached hydrogen (secondary N) is 1. The van der Waals surface area contributed by atoms with Gasteiger partial charge in [-0.2, -0.15) is 0 Å². The number of pyridine rings is 1. The molecule has 1 N–H and O–H groups in total. The van der Waals surface area contributed by atoms with Crippen LogP contribution in [0.3, 0.4) is 0 Å². The summed E-state index contributed by atoms with van der Waals surface area (Å²) in [5.74, 6) is -4.04. The number of benzene rings is 1. The molecule has 1 fully saturated rings. The fourth-order valence-corrected chi connectivity index (χ4v) is 2.49. The average Bonchev–Trinajstić information content (AvgIpc) is 3.32. The van der Waals surface area contributed by atoms with Crippen LogP contribution in [-0.4, -0.2) is 23.0 Å². The third-order valence-corrected chi connectivity index (χ3v) is 3.87. The molecule has 0 spiro atoms. The van der Waals surface area contributed by atoms with Crippen LogP contribution in [-0.2, 0) is 4.79 Å². The zero-order valence-corrected chi connectivity index (χ0v) is 12.8. The third-order valence-electron chi connectivity index (χ3n) is 3.87. The van der Waals surface area contributed by atoms with Crippen molar-refractivity contribution in [1.29, 1.82) is 0 Å². The van der Waals surface area contributed by atoms with E-state index in [0.29, 0.717) is 17.7 Å². The van der Waals surface area contributed by atoms with E-state index in [-0.39, 0.29) is 17.9 Å². The van der Waals surface area contributed by atoms with Crippen LogP contribution in [0.5, 0.6) is 5.75 Å². The molecule has 0 bridgehead atoms. The molecule has 7 heteroatoms. The Morgan fingerprint density at radius 3 is 2.67 bits per heavy atom. The highest BCUT2D eigenvalue weighted by molar-refractivity contribution is 5.81. The van der Waals surface area contributed by atoms with Crippen LogP contribution < -0.4 is 10.1 Å². The van der Waals surface area contributed by atoms with Crippen LogP contribution in [0.25, 0.3) is 0 Å². The lowest BCUT2D eigenvalue weighted by atomic mass is 10.1. The number of rotatable bonds is 5. The van der Waals surface area contributed by atoms with Gasteiger partial charge in [0, 0.05) is 18.2 Å². The number of hydrogen-bond acceptors (Lipinski definition) is 3. The molecule has 0 unspecified atom stereocenters. The molecule has 1 amide bonds. The Balaban J connectivity index is 1.57. The topological polar surface area (TPSA) is 51.2 Å². The number of ether oxygens (including phenoxy) is 1. The van der Waals surface area contributed by atoms with E-state index in [1.165, 1.54) is 6.20 Å². The maximum Gasteiger partial charge on any atom is 0.261 e. The molecule has 0 radical (unpaired) electrons. The second kappa shape index (κ2) is 6.51. The Bertz CT molecular complexity index is 732. The molecule has 1 aliphatic rings. The Kier molecular flexibility index (Phi) is 4.42. The van der Waals surface area contributed by atoms with Crippen LogP contribution >= 0.6 is 0 Å². The van der Waals surface area contributed by atoms with Crippen LogP contribution in [0.1, 0.15) is 24.8 Å². The van der Waals surface area contributed by atoms with Gasteiger partial charge in [0.05, 0.1) is 6.20 Å². The summed E-state index contributed by atoms with van der Waals surface area (Å²) in [6.07, 6.45) is 2.88. The van der Waals surface area contributed by atoms with Crippen molar-refractivity contribution in [3.8, 4) is 5.75 Å². The Morgan fingerprint density at radius 1 is 1.33 bits per heavy atom. The van der Waals surface area contributed by atoms with Crippen molar-refractivity contribution in [2.75, 3.05) is 0 Å². The lowest BCUT2D eigenvalue weighted by Crippen LogP contribution is -2.38. The van der Waals surface area contributed by atoms with Gasteiger partial charge < -0.3 is 10.1 Å². The minimum Gasteiger partial charge on any atom is -0.479 e. The Morgan fingerprint density at radius 2 is 2.04 bits per heavy atom. The van der Waals surface area contributed by atoms with Crippen molar-refractivity contribution in [1.82, 2.24) is 10.3 Å². The van der Waals surface area contributed by atoms with Crippen LogP contribution in [0, 0.1) is 17.5 Å². The number of carbonyl (C=O) groups is 1. The molecule has 1 aliphatic carbocycles. The summed E-state index contributed by atoms with van der Waals surface area (Å²) in [5.41, 5.74) is 0.331. The van der Waals surface area contributed by atoms with Gasteiger partial charge in [-0.1, -0.05) is 0 Å². The number of aromatic nitrogens is 1. The van der Waals surface area contributed by atoms with E-state index in [0.717, 1.165) is 12.1 Å². The Hall–Kier alpha value is -2.57. The second-order valence-corrected chi connectivity index (χ2v) is 5.70. The fraction of sp³-hybridized carbons (Fsp3) is 0.294. The van der Waals surface area contributed by atoms with E-state index in [9.17, 15) is 18.0 Å². The molecule has 0 saturated heterocycles. The average molecular weight is 336 g/mol. The van der Waals surface area contributed by atoms with Crippen molar-refractivity contribution in [2.24, 2.45) is 0 Å². The van der Waals surface area contributed by atoms with Gasteiger partial charge in [0.1, 0.15) is 5.75 Å². The zero-order valence-electron chi connectivity index (χ0n) is 12.8. The first-order valence-corrected chi connectivity index (χ1v) is 7.47. The maximum atomic E-state index is 13.3. The molecule has 1 aromatic heterocycles. The smallest absolute Gasteiger partial charge is 0.261 e. The van der Waals surface area contributed by atoms with Crippen molar-refractivity contribution < 1.29 is 22.7 Å². The number of nitrogens with zero attached hydrogens (tertiary/aromatic N) is 1. The first kappa shape index (κ1) is 16.3. The molecule has 1 aromatic carbocycles. The number of halogens is 3. The first-order valence-electron chi connectivity index (χ1n) is 7.47. The third kappa shape index (κ3) is 3.50. The minimum atomic E-state index is -1.49. The van der Waals surface area contributed by atoms with E-state index in [1.54, 1.807) is 25.3 Å². The van der Waals surface area contributed by atoms with E-state index < -0.39 is 23.6 Å². The number of amides is 1. The standard InChI is InChI=1S/C17H15F3N2O2/c1-9(24-11-3-2-4-21-8-11)17(23)22-15-7-12(15)10-5-13(18)16(20)14(19)6-10/h2-6,8-9,12,15H,7H2,1H3,(H,22,23)/t9-,12+,15-/m1/s1. The molecule has 24 heavy (non-hydrogen) atoms. The molecule has 1 heterocycles. The van der Waals surface area contributed by atoms with Crippen LogP contribution in [0.15, 0.2) is 36.7 Å². The summed E-state index contributed by atoms with van der Waals surface area (Å²) < 4.78 is 44.9. The summed E-state index contributed by atoms with van der Waals surface area (Å²) in [7, 11) is 0. The highest BCUT2D eigenvalue weighted by Gasteiger charge is 2.41. The van der Waals surface area contributed by atoms with Gasteiger partial charge in [0.25, 0.3) is 5.91 Å². The molecule has 0 aliphatic heterocycles. The predicted octanol–water partition coefficient (Wildman–Crippen LogP) is 2.94. The summed E-state index contributed by atoms with van der Waals surface area (Å²) in [4.78, 5) is 16.0. The first-order chi connectivity index (χ1) is 11.5. The maximum absolute atomic E-state index is 13.3. The fourth-order valence-electron chi connectivity index (χ4n) is 2.49. The molecule has 1 saturated carbocycles. The van der Waals surface area contributed by atoms with Crippen molar-refractivity contribution >= 4 is 5.91 Å². The normalized spacial score (nSPS) is 20.3. The highest BCUT2D eigenvalue weighted by atomic mass is 19.2. The van der Waals surface area contributed by atoms with E-state index in [2.05, 4.69) is 10.3 Å². The van der Waals surface area contributed by atoms with Gasteiger partial charge >= 0.3 is 0 Å². The van der Waals surface area contributed by atoms with Gasteiger partial charge in [0.15, 0.2) is 23.6 Å². The molecule has 4 nitrogen and oxygen atoms in total. The molecule has 3 atom stereocenters. The minimum absolute atomic E-state index is 0.232. The number of hydrogen-bond donors (Lipinski definition) is 1. The molecule has 126 valence electrons. The molecular weight excluding hydrogens is 321 g/mol. The van der Waals surface area contributed by atoms with Gasteiger partial charge in [-0.05, 0) is 43.2 Å². The SMILES string of the molecule is C[C@@H](Oc1cccnc1)C(=O)N[C@@H]1C[C@H]1c1cc(F)c(F)c(F)c1. The zero-order chi connectivity index (χ0) is 17.3. The number of carbonyl (C=O) groups excluding carboxylic acids is 1. The Labute approximate surface area is 136 Å². The van der Waals surface area contributed by atoms with E-state index in [4.69, 9.17) is 4.74 Å².